The second-order valence-electron chi connectivity index (χ2n) is 6.70. The average Bonchev–Trinajstić information content (AvgIpc) is 2.88. The van der Waals surface area contributed by atoms with Gasteiger partial charge < -0.3 is 15.4 Å². The van der Waals surface area contributed by atoms with Crippen molar-refractivity contribution in [3.8, 4) is 5.88 Å². The van der Waals surface area contributed by atoms with Gasteiger partial charge in [-0.05, 0) is 31.6 Å². The number of ether oxygens (including phenoxy) is 1. The molecule has 0 unspecified atom stereocenters. The predicted octanol–water partition coefficient (Wildman–Crippen LogP) is 1.95. The number of carbonyl (C=O) groups excluding carboxylic acids is 1. The van der Waals surface area contributed by atoms with Crippen LogP contribution in [0.2, 0.25) is 0 Å². The van der Waals surface area contributed by atoms with Crippen LogP contribution < -0.4 is 15.4 Å². The zero-order chi connectivity index (χ0) is 17.0. The fourth-order valence-corrected chi connectivity index (χ4v) is 3.47. The van der Waals surface area contributed by atoms with Crippen molar-refractivity contribution < 1.29 is 9.53 Å². The third kappa shape index (κ3) is 4.05. The van der Waals surface area contributed by atoms with Crippen LogP contribution in [-0.4, -0.2) is 35.9 Å². The van der Waals surface area contributed by atoms with Gasteiger partial charge in [0.2, 0.25) is 11.8 Å². The summed E-state index contributed by atoms with van der Waals surface area (Å²) in [6, 6.07) is 0.459. The molecule has 0 atom stereocenters. The van der Waals surface area contributed by atoms with Gasteiger partial charge in [-0.15, -0.1) is 0 Å². The molecule has 2 rings (SSSR count). The highest BCUT2D eigenvalue weighted by Crippen LogP contribution is 2.29. The lowest BCUT2D eigenvalue weighted by atomic mass is 9.85. The summed E-state index contributed by atoms with van der Waals surface area (Å²) < 4.78 is 7.33. The maximum atomic E-state index is 11.7. The number of rotatable bonds is 6. The Kier molecular flexibility index (Phi) is 6.04. The summed E-state index contributed by atoms with van der Waals surface area (Å²) in [6.07, 6.45) is 3.99. The summed E-state index contributed by atoms with van der Waals surface area (Å²) in [6.45, 7) is 5.07. The lowest BCUT2D eigenvalue weighted by molar-refractivity contribution is -0.125. The molecule has 0 aliphatic heterocycles. The van der Waals surface area contributed by atoms with Gasteiger partial charge in [-0.25, -0.2) is 4.68 Å². The van der Waals surface area contributed by atoms with E-state index in [2.05, 4.69) is 29.6 Å². The lowest BCUT2D eigenvalue weighted by Gasteiger charge is -2.28. The van der Waals surface area contributed by atoms with Crippen LogP contribution >= 0.6 is 0 Å². The van der Waals surface area contributed by atoms with E-state index in [1.54, 1.807) is 14.2 Å². The third-order valence-electron chi connectivity index (χ3n) is 4.77. The molecule has 6 nitrogen and oxygen atoms in total. The van der Waals surface area contributed by atoms with Crippen molar-refractivity contribution >= 4 is 5.91 Å². The van der Waals surface area contributed by atoms with Gasteiger partial charge >= 0.3 is 0 Å². The largest absolute Gasteiger partial charge is 0.481 e. The van der Waals surface area contributed by atoms with Gasteiger partial charge in [0.25, 0.3) is 0 Å². The first kappa shape index (κ1) is 17.8. The van der Waals surface area contributed by atoms with Crippen molar-refractivity contribution in [3.05, 3.63) is 11.3 Å². The highest BCUT2D eigenvalue weighted by molar-refractivity contribution is 5.78. The molecule has 0 saturated heterocycles. The predicted molar refractivity (Wildman–Crippen MR) is 90.5 cm³/mol. The Bertz CT molecular complexity index is 531. The Balaban J connectivity index is 1.96. The van der Waals surface area contributed by atoms with Crippen LogP contribution in [0.4, 0.5) is 0 Å². The highest BCUT2D eigenvalue weighted by Gasteiger charge is 2.26. The molecular weight excluding hydrogens is 292 g/mol. The van der Waals surface area contributed by atoms with Crippen molar-refractivity contribution in [1.29, 1.82) is 0 Å². The van der Waals surface area contributed by atoms with E-state index in [4.69, 9.17) is 4.74 Å². The fourth-order valence-electron chi connectivity index (χ4n) is 3.47. The molecule has 0 radical (unpaired) electrons. The van der Waals surface area contributed by atoms with Crippen molar-refractivity contribution in [2.24, 2.45) is 13.0 Å². The Morgan fingerprint density at radius 1 is 1.35 bits per heavy atom. The van der Waals surface area contributed by atoms with Crippen LogP contribution in [-0.2, 0) is 18.4 Å². The molecule has 1 amide bonds. The highest BCUT2D eigenvalue weighted by atomic mass is 16.5. The lowest BCUT2D eigenvalue weighted by Crippen LogP contribution is -2.37. The van der Waals surface area contributed by atoms with Gasteiger partial charge in [-0.1, -0.05) is 13.8 Å². The number of methoxy groups -OCH3 is 1. The Hall–Kier alpha value is -1.56. The number of hydrogen-bond acceptors (Lipinski definition) is 4. The molecular formula is C17H30N4O2. The molecule has 0 spiro atoms. The van der Waals surface area contributed by atoms with E-state index in [1.165, 1.54) is 0 Å². The van der Waals surface area contributed by atoms with Gasteiger partial charge in [-0.3, -0.25) is 4.79 Å². The molecule has 6 heteroatoms. The van der Waals surface area contributed by atoms with Crippen LogP contribution in [0.3, 0.4) is 0 Å². The molecule has 0 bridgehead atoms. The molecule has 0 aromatic carbocycles. The summed E-state index contributed by atoms with van der Waals surface area (Å²) >= 11 is 0. The average molecular weight is 322 g/mol. The first-order valence-corrected chi connectivity index (χ1v) is 8.52. The van der Waals surface area contributed by atoms with Crippen molar-refractivity contribution in [1.82, 2.24) is 20.4 Å². The summed E-state index contributed by atoms with van der Waals surface area (Å²) in [7, 11) is 5.33. The Morgan fingerprint density at radius 3 is 2.52 bits per heavy atom. The molecule has 2 N–H and O–H groups in total. The van der Waals surface area contributed by atoms with Gasteiger partial charge in [0.05, 0.1) is 18.4 Å². The number of aryl methyl sites for hydroxylation is 1. The minimum absolute atomic E-state index is 0.178. The first-order valence-electron chi connectivity index (χ1n) is 8.52. The molecule has 1 aromatic heterocycles. The normalized spacial score (nSPS) is 21.5. The van der Waals surface area contributed by atoms with Crippen LogP contribution in [0, 0.1) is 5.92 Å². The van der Waals surface area contributed by atoms with E-state index >= 15 is 0 Å². The number of nitrogens with one attached hydrogen (secondary N) is 2. The van der Waals surface area contributed by atoms with E-state index < -0.39 is 0 Å². The van der Waals surface area contributed by atoms with Crippen LogP contribution in [0.25, 0.3) is 0 Å². The molecule has 23 heavy (non-hydrogen) atoms. The number of carbonyl (C=O) groups is 1. The molecule has 1 fully saturated rings. The summed E-state index contributed by atoms with van der Waals surface area (Å²) in [5.74, 6) is 1.56. The second-order valence-corrected chi connectivity index (χ2v) is 6.70. The van der Waals surface area contributed by atoms with E-state index in [9.17, 15) is 4.79 Å². The monoisotopic (exact) mass is 322 g/mol. The quantitative estimate of drug-likeness (QED) is 0.840. The minimum Gasteiger partial charge on any atom is -0.481 e. The molecule has 1 aliphatic rings. The summed E-state index contributed by atoms with van der Waals surface area (Å²) in [4.78, 5) is 11.7. The van der Waals surface area contributed by atoms with Crippen LogP contribution in [0.15, 0.2) is 0 Å². The summed E-state index contributed by atoms with van der Waals surface area (Å²) in [5.41, 5.74) is 2.24. The van der Waals surface area contributed by atoms with E-state index in [0.717, 1.165) is 49.4 Å². The van der Waals surface area contributed by atoms with Crippen LogP contribution in [0.5, 0.6) is 5.88 Å². The number of nitrogens with zero attached hydrogens (tertiary/aromatic N) is 2. The topological polar surface area (TPSA) is 68.2 Å². The van der Waals surface area contributed by atoms with Gasteiger partial charge in [0, 0.05) is 32.6 Å². The minimum atomic E-state index is 0.178. The molecule has 1 aliphatic carbocycles. The van der Waals surface area contributed by atoms with Crippen molar-refractivity contribution in [2.45, 2.75) is 58.0 Å². The van der Waals surface area contributed by atoms with E-state index in [-0.39, 0.29) is 11.8 Å². The van der Waals surface area contributed by atoms with Gasteiger partial charge in [0.15, 0.2) is 0 Å². The SMILES string of the molecule is CNC(=O)C1CCC(NCc2c(C(C)C)nn(C)c2OC)CC1. The standard InChI is InChI=1S/C17H30N4O2/c1-11(2)15-14(17(23-5)21(4)20-15)10-19-13-8-6-12(7-9-13)16(22)18-3/h11-13,19H,6-10H2,1-5H3,(H,18,22). The van der Waals surface area contributed by atoms with Crippen molar-refractivity contribution in [2.75, 3.05) is 14.2 Å². The zero-order valence-electron chi connectivity index (χ0n) is 15.0. The number of aromatic nitrogens is 2. The van der Waals surface area contributed by atoms with Crippen LogP contribution in [0.1, 0.15) is 56.7 Å². The van der Waals surface area contributed by atoms with E-state index in [0.29, 0.717) is 12.0 Å². The van der Waals surface area contributed by atoms with Gasteiger partial charge in [-0.2, -0.15) is 5.10 Å². The maximum Gasteiger partial charge on any atom is 0.222 e. The smallest absolute Gasteiger partial charge is 0.222 e. The summed E-state index contributed by atoms with van der Waals surface area (Å²) in [5, 5.41) is 11.0. The second kappa shape index (κ2) is 7.81. The van der Waals surface area contributed by atoms with Gasteiger partial charge in [0.1, 0.15) is 0 Å². The zero-order valence-corrected chi connectivity index (χ0v) is 15.0. The number of hydrogen-bond donors (Lipinski definition) is 2. The number of amides is 1. The molecule has 1 aromatic rings. The molecule has 1 saturated carbocycles. The molecule has 130 valence electrons. The first-order chi connectivity index (χ1) is 11.0. The van der Waals surface area contributed by atoms with E-state index in [1.807, 2.05) is 11.7 Å². The Morgan fingerprint density at radius 2 is 2.00 bits per heavy atom. The maximum absolute atomic E-state index is 11.7. The fraction of sp³-hybridized carbons (Fsp3) is 0.765. The third-order valence-corrected chi connectivity index (χ3v) is 4.77. The Labute approximate surface area is 139 Å². The van der Waals surface area contributed by atoms with Crippen molar-refractivity contribution in [3.63, 3.8) is 0 Å². The molecule has 1 heterocycles.